The highest BCUT2D eigenvalue weighted by molar-refractivity contribution is 6.24. The van der Waals surface area contributed by atoms with Gasteiger partial charge in [-0.05, 0) is 35.4 Å². The molecule has 0 saturated carbocycles. The van der Waals surface area contributed by atoms with Crippen molar-refractivity contribution >= 4 is 12.1 Å². The molecule has 0 radical (unpaired) electrons. The van der Waals surface area contributed by atoms with Gasteiger partial charge in [0.25, 0.3) is 0 Å². The fourth-order valence-corrected chi connectivity index (χ4v) is 2.75. The summed E-state index contributed by atoms with van der Waals surface area (Å²) in [4.78, 5) is 14.7. The topological polar surface area (TPSA) is 101 Å². The van der Waals surface area contributed by atoms with Gasteiger partial charge in [-0.3, -0.25) is 15.1 Å². The molecule has 1 aliphatic carbocycles. The number of hydrazine groups is 1. The largest absolute Gasteiger partial charge is 0.490 e. The minimum absolute atomic E-state index is 0.0132. The zero-order chi connectivity index (χ0) is 18.9. The van der Waals surface area contributed by atoms with E-state index in [2.05, 4.69) is 16.2 Å². The van der Waals surface area contributed by atoms with E-state index in [9.17, 15) is 10.0 Å². The molecule has 0 aliphatic heterocycles. The standard InChI is InChI=1S/C19H19N3O5/c23-12-20-22-27-13-25-9-3-4-10-26-14-7-8-16-15-5-1-2-6-17(15)19(21-24)18(16)11-14/h1-8,11-12,22,24H,9-10,13H2,(H,20,23)/b4-3+,21-19+. The summed E-state index contributed by atoms with van der Waals surface area (Å²) in [6.45, 7) is 0.695. The molecular weight excluding hydrogens is 350 g/mol. The van der Waals surface area contributed by atoms with Crippen LogP contribution in [0, 0.1) is 0 Å². The summed E-state index contributed by atoms with van der Waals surface area (Å²) in [7, 11) is 0. The Hall–Kier alpha value is -3.20. The summed E-state index contributed by atoms with van der Waals surface area (Å²) in [5.41, 5.74) is 8.65. The quantitative estimate of drug-likeness (QED) is 0.126. The second kappa shape index (κ2) is 9.48. The molecule has 140 valence electrons. The van der Waals surface area contributed by atoms with Crippen LogP contribution in [0.2, 0.25) is 0 Å². The molecule has 0 spiro atoms. The third kappa shape index (κ3) is 4.50. The number of hydrogen-bond acceptors (Lipinski definition) is 7. The van der Waals surface area contributed by atoms with E-state index in [0.29, 0.717) is 31.1 Å². The molecule has 2 aromatic rings. The molecule has 0 atom stereocenters. The molecule has 0 saturated heterocycles. The van der Waals surface area contributed by atoms with E-state index in [1.165, 1.54) is 0 Å². The van der Waals surface area contributed by atoms with Gasteiger partial charge in [-0.25, -0.2) is 0 Å². The monoisotopic (exact) mass is 369 g/mol. The van der Waals surface area contributed by atoms with Crippen LogP contribution in [-0.4, -0.2) is 37.3 Å². The lowest BCUT2D eigenvalue weighted by Gasteiger charge is -2.06. The summed E-state index contributed by atoms with van der Waals surface area (Å²) in [6, 6.07) is 13.5. The highest BCUT2D eigenvalue weighted by Gasteiger charge is 2.25. The maximum absolute atomic E-state index is 9.95. The summed E-state index contributed by atoms with van der Waals surface area (Å²) in [5, 5.41) is 12.9. The van der Waals surface area contributed by atoms with Crippen LogP contribution in [0.15, 0.2) is 59.8 Å². The van der Waals surface area contributed by atoms with Crippen LogP contribution in [0.25, 0.3) is 11.1 Å². The summed E-state index contributed by atoms with van der Waals surface area (Å²) >= 11 is 0. The summed E-state index contributed by atoms with van der Waals surface area (Å²) in [6.07, 6.45) is 4.06. The Labute approximate surface area is 156 Å². The minimum atomic E-state index is -0.0132. The first-order chi connectivity index (χ1) is 13.3. The average molecular weight is 369 g/mol. The number of ether oxygens (including phenoxy) is 2. The molecule has 8 heteroatoms. The Bertz CT molecular complexity index is 851. The molecule has 0 heterocycles. The first-order valence-corrected chi connectivity index (χ1v) is 8.23. The van der Waals surface area contributed by atoms with E-state index in [1.807, 2.05) is 48.5 Å². The highest BCUT2D eigenvalue weighted by atomic mass is 16.8. The lowest BCUT2D eigenvalue weighted by Crippen LogP contribution is -2.31. The van der Waals surface area contributed by atoms with Crippen LogP contribution in [0.5, 0.6) is 5.75 Å². The number of oxime groups is 1. The number of nitrogens with zero attached hydrogens (tertiary/aromatic N) is 1. The van der Waals surface area contributed by atoms with Crippen molar-refractivity contribution < 1.29 is 24.3 Å². The molecule has 27 heavy (non-hydrogen) atoms. The Kier molecular flexibility index (Phi) is 6.53. The predicted molar refractivity (Wildman–Crippen MR) is 98.2 cm³/mol. The molecule has 1 aliphatic rings. The van der Waals surface area contributed by atoms with Crippen molar-refractivity contribution in [2.45, 2.75) is 0 Å². The second-order valence-corrected chi connectivity index (χ2v) is 5.48. The van der Waals surface area contributed by atoms with Gasteiger partial charge in [0.05, 0.1) is 6.61 Å². The van der Waals surface area contributed by atoms with Crippen molar-refractivity contribution in [1.82, 2.24) is 11.0 Å². The maximum Gasteiger partial charge on any atom is 0.223 e. The number of hydrogen-bond donors (Lipinski definition) is 3. The van der Waals surface area contributed by atoms with Gasteiger partial charge < -0.3 is 14.7 Å². The number of amides is 1. The van der Waals surface area contributed by atoms with Crippen molar-refractivity contribution in [1.29, 1.82) is 0 Å². The molecule has 1 amide bonds. The van der Waals surface area contributed by atoms with E-state index in [0.717, 1.165) is 22.3 Å². The van der Waals surface area contributed by atoms with Gasteiger partial charge in [-0.2, -0.15) is 0 Å². The van der Waals surface area contributed by atoms with Crippen LogP contribution in [0.1, 0.15) is 11.1 Å². The number of fused-ring (bicyclic) bond motifs is 3. The van der Waals surface area contributed by atoms with Crippen LogP contribution < -0.4 is 15.8 Å². The third-order valence-corrected chi connectivity index (χ3v) is 3.88. The zero-order valence-corrected chi connectivity index (χ0v) is 14.4. The third-order valence-electron chi connectivity index (χ3n) is 3.88. The maximum atomic E-state index is 9.95. The predicted octanol–water partition coefficient (Wildman–Crippen LogP) is 1.98. The van der Waals surface area contributed by atoms with Crippen molar-refractivity contribution in [3.05, 3.63) is 65.7 Å². The van der Waals surface area contributed by atoms with Crippen molar-refractivity contribution in [2.75, 3.05) is 20.0 Å². The molecule has 8 nitrogen and oxygen atoms in total. The molecule has 3 N–H and O–H groups in total. The Morgan fingerprint density at radius 3 is 2.59 bits per heavy atom. The van der Waals surface area contributed by atoms with E-state index in [4.69, 9.17) is 14.3 Å². The molecule has 2 aromatic carbocycles. The fourth-order valence-electron chi connectivity index (χ4n) is 2.75. The van der Waals surface area contributed by atoms with E-state index >= 15 is 0 Å². The van der Waals surface area contributed by atoms with Crippen LogP contribution in [-0.2, 0) is 14.4 Å². The van der Waals surface area contributed by atoms with E-state index in [1.54, 1.807) is 6.08 Å². The number of nitrogens with one attached hydrogen (secondary N) is 2. The highest BCUT2D eigenvalue weighted by Crippen LogP contribution is 2.38. The second-order valence-electron chi connectivity index (χ2n) is 5.48. The number of carbonyl (C=O) groups excluding carboxylic acids is 1. The Morgan fingerprint density at radius 2 is 1.78 bits per heavy atom. The van der Waals surface area contributed by atoms with Crippen molar-refractivity contribution in [3.8, 4) is 16.9 Å². The molecule has 0 unspecified atom stereocenters. The Balaban J connectivity index is 1.50. The van der Waals surface area contributed by atoms with Gasteiger partial charge in [0.1, 0.15) is 18.1 Å². The molecule has 3 rings (SSSR count). The van der Waals surface area contributed by atoms with Gasteiger partial charge in [-0.1, -0.05) is 35.5 Å². The SMILES string of the molecule is O=CNNOCOC/C=C/COc1ccc2c(c1)/C(=N/O)c1ccccc1-2. The number of benzene rings is 2. The first kappa shape index (κ1) is 18.6. The molecule has 0 aromatic heterocycles. The number of carbonyl (C=O) groups is 1. The van der Waals surface area contributed by atoms with Crippen molar-refractivity contribution in [3.63, 3.8) is 0 Å². The lowest BCUT2D eigenvalue weighted by molar-refractivity contribution is -0.127. The molecular formula is C19H19N3O5. The van der Waals surface area contributed by atoms with Gasteiger partial charge in [0, 0.05) is 11.1 Å². The summed E-state index contributed by atoms with van der Waals surface area (Å²) in [5.74, 6) is 0.681. The average Bonchev–Trinajstić information content (AvgIpc) is 3.02. The van der Waals surface area contributed by atoms with Gasteiger partial charge in [0.15, 0.2) is 6.79 Å². The number of rotatable bonds is 10. The Morgan fingerprint density at radius 1 is 1.00 bits per heavy atom. The van der Waals surface area contributed by atoms with E-state index < -0.39 is 0 Å². The van der Waals surface area contributed by atoms with E-state index in [-0.39, 0.29) is 6.79 Å². The first-order valence-electron chi connectivity index (χ1n) is 8.23. The van der Waals surface area contributed by atoms with Gasteiger partial charge >= 0.3 is 0 Å². The smallest absolute Gasteiger partial charge is 0.223 e. The normalized spacial score (nSPS) is 13.6. The lowest BCUT2D eigenvalue weighted by atomic mass is 10.1. The zero-order valence-electron chi connectivity index (χ0n) is 14.4. The minimum Gasteiger partial charge on any atom is -0.490 e. The van der Waals surface area contributed by atoms with Gasteiger partial charge in [-0.15, -0.1) is 5.59 Å². The van der Waals surface area contributed by atoms with Crippen LogP contribution >= 0.6 is 0 Å². The van der Waals surface area contributed by atoms with Crippen molar-refractivity contribution in [2.24, 2.45) is 5.16 Å². The summed E-state index contributed by atoms with van der Waals surface area (Å²) < 4.78 is 10.8. The van der Waals surface area contributed by atoms with Crippen LogP contribution in [0.4, 0.5) is 0 Å². The molecule has 0 fully saturated rings. The van der Waals surface area contributed by atoms with Gasteiger partial charge in [0.2, 0.25) is 6.41 Å². The van der Waals surface area contributed by atoms with Crippen LogP contribution in [0.3, 0.4) is 0 Å². The fraction of sp³-hybridized carbons (Fsp3) is 0.158. The molecule has 0 bridgehead atoms.